The summed E-state index contributed by atoms with van der Waals surface area (Å²) in [5, 5.41) is 10.2. The van der Waals surface area contributed by atoms with Crippen LogP contribution in [-0.2, 0) is 5.41 Å². The minimum Gasteiger partial charge on any atom is -0.346 e. The number of amides is 1. The first-order chi connectivity index (χ1) is 9.38. The van der Waals surface area contributed by atoms with Crippen LogP contribution >= 0.6 is 0 Å². The standard InChI is InChI=1S/C14H22N4O2/c1-13(2,3)12-17-10(18-20-12)11(19)16-9-6-14(7-9)4-5-15-8-14/h9,15H,4-8H2,1-3H3,(H,16,19). The van der Waals surface area contributed by atoms with E-state index in [1.54, 1.807) is 0 Å². The Morgan fingerprint density at radius 3 is 2.75 bits per heavy atom. The fraction of sp³-hybridized carbons (Fsp3) is 0.786. The Morgan fingerprint density at radius 2 is 2.20 bits per heavy atom. The van der Waals surface area contributed by atoms with E-state index in [9.17, 15) is 4.79 Å². The van der Waals surface area contributed by atoms with Gasteiger partial charge < -0.3 is 15.2 Å². The van der Waals surface area contributed by atoms with Crippen LogP contribution in [0.3, 0.4) is 0 Å². The molecule has 1 aromatic rings. The van der Waals surface area contributed by atoms with Crippen molar-refractivity contribution in [3.63, 3.8) is 0 Å². The topological polar surface area (TPSA) is 80.0 Å². The molecule has 0 atom stereocenters. The molecule has 1 aromatic heterocycles. The van der Waals surface area contributed by atoms with Gasteiger partial charge in [-0.05, 0) is 31.2 Å². The van der Waals surface area contributed by atoms with E-state index >= 15 is 0 Å². The van der Waals surface area contributed by atoms with Gasteiger partial charge in [-0.1, -0.05) is 25.9 Å². The molecule has 2 fully saturated rings. The van der Waals surface area contributed by atoms with Crippen LogP contribution < -0.4 is 10.6 Å². The van der Waals surface area contributed by atoms with Crippen molar-refractivity contribution in [2.75, 3.05) is 13.1 Å². The molecule has 0 bridgehead atoms. The van der Waals surface area contributed by atoms with Crippen LogP contribution in [0.5, 0.6) is 0 Å². The van der Waals surface area contributed by atoms with Gasteiger partial charge in [0.15, 0.2) is 0 Å². The Balaban J connectivity index is 1.56. The van der Waals surface area contributed by atoms with Gasteiger partial charge in [0.2, 0.25) is 5.89 Å². The molecular formula is C14H22N4O2. The van der Waals surface area contributed by atoms with Crippen molar-refractivity contribution in [2.24, 2.45) is 5.41 Å². The molecule has 1 spiro atoms. The van der Waals surface area contributed by atoms with E-state index in [4.69, 9.17) is 4.52 Å². The van der Waals surface area contributed by atoms with Crippen LogP contribution in [0.1, 0.15) is 56.5 Å². The van der Waals surface area contributed by atoms with E-state index < -0.39 is 0 Å². The highest BCUT2D eigenvalue weighted by atomic mass is 16.5. The van der Waals surface area contributed by atoms with Crippen molar-refractivity contribution in [2.45, 2.75) is 51.5 Å². The third kappa shape index (κ3) is 2.44. The first-order valence-electron chi connectivity index (χ1n) is 7.24. The van der Waals surface area contributed by atoms with Gasteiger partial charge in [0.25, 0.3) is 11.7 Å². The SMILES string of the molecule is CC(C)(C)c1nc(C(=O)NC2CC3(CCNC3)C2)no1. The minimum absolute atomic E-state index is 0.139. The maximum absolute atomic E-state index is 12.1. The molecule has 1 amide bonds. The second kappa shape index (κ2) is 4.55. The average molecular weight is 278 g/mol. The molecule has 1 saturated heterocycles. The zero-order valence-corrected chi connectivity index (χ0v) is 12.3. The Morgan fingerprint density at radius 1 is 1.45 bits per heavy atom. The molecule has 0 unspecified atom stereocenters. The zero-order valence-electron chi connectivity index (χ0n) is 12.3. The molecular weight excluding hydrogens is 256 g/mol. The molecule has 0 radical (unpaired) electrons. The summed E-state index contributed by atoms with van der Waals surface area (Å²) >= 11 is 0. The van der Waals surface area contributed by atoms with E-state index in [-0.39, 0.29) is 23.2 Å². The molecule has 20 heavy (non-hydrogen) atoms. The maximum atomic E-state index is 12.1. The van der Waals surface area contributed by atoms with Gasteiger partial charge in [0.05, 0.1) is 0 Å². The van der Waals surface area contributed by atoms with Crippen LogP contribution in [0.15, 0.2) is 4.52 Å². The van der Waals surface area contributed by atoms with Crippen molar-refractivity contribution >= 4 is 5.91 Å². The zero-order chi connectivity index (χ0) is 14.4. The number of aromatic nitrogens is 2. The summed E-state index contributed by atoms with van der Waals surface area (Å²) in [6, 6.07) is 0.249. The number of hydrogen-bond donors (Lipinski definition) is 2. The van der Waals surface area contributed by atoms with Crippen molar-refractivity contribution in [1.82, 2.24) is 20.8 Å². The van der Waals surface area contributed by atoms with Crippen LogP contribution in [0.4, 0.5) is 0 Å². The van der Waals surface area contributed by atoms with Gasteiger partial charge in [-0.15, -0.1) is 0 Å². The first kappa shape index (κ1) is 13.5. The summed E-state index contributed by atoms with van der Waals surface area (Å²) in [4.78, 5) is 16.3. The van der Waals surface area contributed by atoms with Crippen molar-refractivity contribution < 1.29 is 9.32 Å². The highest BCUT2D eigenvalue weighted by molar-refractivity contribution is 5.90. The highest BCUT2D eigenvalue weighted by Gasteiger charge is 2.46. The van der Waals surface area contributed by atoms with E-state index in [1.165, 1.54) is 6.42 Å². The summed E-state index contributed by atoms with van der Waals surface area (Å²) in [7, 11) is 0. The Hall–Kier alpha value is -1.43. The van der Waals surface area contributed by atoms with Crippen LogP contribution in [-0.4, -0.2) is 35.2 Å². The lowest BCUT2D eigenvalue weighted by Crippen LogP contribution is -2.51. The summed E-state index contributed by atoms with van der Waals surface area (Å²) in [6.45, 7) is 8.11. The van der Waals surface area contributed by atoms with Gasteiger partial charge >= 0.3 is 0 Å². The normalized spacial score (nSPS) is 29.4. The van der Waals surface area contributed by atoms with Gasteiger partial charge in [-0.3, -0.25) is 4.79 Å². The van der Waals surface area contributed by atoms with Gasteiger partial charge in [-0.2, -0.15) is 4.98 Å². The number of nitrogens with one attached hydrogen (secondary N) is 2. The monoisotopic (exact) mass is 278 g/mol. The van der Waals surface area contributed by atoms with Gasteiger partial charge in [0.1, 0.15) is 0 Å². The lowest BCUT2D eigenvalue weighted by Gasteiger charge is -2.44. The molecule has 1 saturated carbocycles. The Bertz CT molecular complexity index is 503. The number of nitrogens with zero attached hydrogens (tertiary/aromatic N) is 2. The largest absolute Gasteiger partial charge is 0.346 e. The lowest BCUT2D eigenvalue weighted by molar-refractivity contribution is 0.0739. The molecule has 1 aliphatic heterocycles. The van der Waals surface area contributed by atoms with Crippen molar-refractivity contribution in [3.05, 3.63) is 11.7 Å². The number of carbonyl (C=O) groups is 1. The highest BCUT2D eigenvalue weighted by Crippen LogP contribution is 2.45. The molecule has 3 rings (SSSR count). The number of rotatable bonds is 2. The van der Waals surface area contributed by atoms with Crippen LogP contribution in [0, 0.1) is 5.41 Å². The van der Waals surface area contributed by atoms with E-state index in [2.05, 4.69) is 20.8 Å². The average Bonchev–Trinajstić information content (AvgIpc) is 2.95. The summed E-state index contributed by atoms with van der Waals surface area (Å²) in [6.07, 6.45) is 3.32. The lowest BCUT2D eigenvalue weighted by atomic mass is 9.65. The summed E-state index contributed by atoms with van der Waals surface area (Å²) in [5.74, 6) is 0.406. The maximum Gasteiger partial charge on any atom is 0.292 e. The third-order valence-electron chi connectivity index (χ3n) is 4.30. The predicted molar refractivity (Wildman–Crippen MR) is 73.4 cm³/mol. The quantitative estimate of drug-likeness (QED) is 0.850. The molecule has 2 heterocycles. The first-order valence-corrected chi connectivity index (χ1v) is 7.24. The molecule has 1 aliphatic carbocycles. The molecule has 2 N–H and O–H groups in total. The second-order valence-corrected chi connectivity index (χ2v) is 7.18. The molecule has 0 aromatic carbocycles. The smallest absolute Gasteiger partial charge is 0.292 e. The molecule has 6 heteroatoms. The summed E-state index contributed by atoms with van der Waals surface area (Å²) in [5.41, 5.74) is 0.188. The predicted octanol–water partition coefficient (Wildman–Crippen LogP) is 1.24. The molecule has 2 aliphatic rings. The van der Waals surface area contributed by atoms with Crippen molar-refractivity contribution in [1.29, 1.82) is 0 Å². The number of hydrogen-bond acceptors (Lipinski definition) is 5. The fourth-order valence-electron chi connectivity index (χ4n) is 3.10. The van der Waals surface area contributed by atoms with Crippen LogP contribution in [0.25, 0.3) is 0 Å². The van der Waals surface area contributed by atoms with E-state index in [0.29, 0.717) is 11.3 Å². The molecule has 110 valence electrons. The molecule has 6 nitrogen and oxygen atoms in total. The van der Waals surface area contributed by atoms with E-state index in [0.717, 1.165) is 25.9 Å². The van der Waals surface area contributed by atoms with Gasteiger partial charge in [0, 0.05) is 18.0 Å². The van der Waals surface area contributed by atoms with E-state index in [1.807, 2.05) is 20.8 Å². The minimum atomic E-state index is -0.235. The van der Waals surface area contributed by atoms with Crippen LogP contribution in [0.2, 0.25) is 0 Å². The summed E-state index contributed by atoms with van der Waals surface area (Å²) < 4.78 is 5.14. The third-order valence-corrected chi connectivity index (χ3v) is 4.30. The number of carbonyl (C=O) groups excluding carboxylic acids is 1. The van der Waals surface area contributed by atoms with Gasteiger partial charge in [-0.25, -0.2) is 0 Å². The Labute approximate surface area is 118 Å². The second-order valence-electron chi connectivity index (χ2n) is 7.18. The fourth-order valence-corrected chi connectivity index (χ4v) is 3.10. The van der Waals surface area contributed by atoms with Crippen molar-refractivity contribution in [3.8, 4) is 0 Å². The Kier molecular flexibility index (Phi) is 3.08.